The van der Waals surface area contributed by atoms with E-state index in [1.54, 1.807) is 36.4 Å². The van der Waals surface area contributed by atoms with Crippen molar-refractivity contribution in [1.82, 2.24) is 0 Å². The van der Waals surface area contributed by atoms with Crippen molar-refractivity contribution in [2.45, 2.75) is 12.2 Å². The monoisotopic (exact) mass is 270 g/mol. The maximum atomic E-state index is 12.0. The fraction of sp³-hybridized carbons (Fsp3) is 0.125. The number of ketones is 2. The zero-order valence-electron chi connectivity index (χ0n) is 10.6. The molecule has 0 bridgehead atoms. The van der Waals surface area contributed by atoms with Gasteiger partial charge in [-0.25, -0.2) is 0 Å². The fourth-order valence-electron chi connectivity index (χ4n) is 1.83. The van der Waals surface area contributed by atoms with Crippen molar-refractivity contribution < 1.29 is 19.8 Å². The molecule has 0 saturated carbocycles. The van der Waals surface area contributed by atoms with Crippen molar-refractivity contribution in [1.29, 1.82) is 0 Å². The lowest BCUT2D eigenvalue weighted by atomic mass is 9.96. The molecule has 4 heteroatoms. The van der Waals surface area contributed by atoms with Gasteiger partial charge in [0, 0.05) is 11.1 Å². The summed E-state index contributed by atoms with van der Waals surface area (Å²) in [5.41, 5.74) is 0.500. The fourth-order valence-corrected chi connectivity index (χ4v) is 1.83. The van der Waals surface area contributed by atoms with Gasteiger partial charge in [0.05, 0.1) is 0 Å². The number of carbonyl (C=O) groups excluding carboxylic acids is 2. The van der Waals surface area contributed by atoms with Crippen molar-refractivity contribution in [3.8, 4) is 0 Å². The minimum atomic E-state index is -1.77. The second-order valence-corrected chi connectivity index (χ2v) is 4.35. The van der Waals surface area contributed by atoms with Crippen molar-refractivity contribution in [3.05, 3.63) is 71.8 Å². The molecular formula is C16H14O4. The lowest BCUT2D eigenvalue weighted by Crippen LogP contribution is -2.39. The molecule has 2 N–H and O–H groups in total. The Kier molecular flexibility index (Phi) is 4.40. The van der Waals surface area contributed by atoms with Crippen LogP contribution in [0.3, 0.4) is 0 Å². The van der Waals surface area contributed by atoms with Gasteiger partial charge in [-0.3, -0.25) is 9.59 Å². The Morgan fingerprint density at radius 1 is 0.650 bits per heavy atom. The number of Topliss-reactive ketones (excluding diaryl/α,β-unsaturated/α-hetero) is 2. The van der Waals surface area contributed by atoms with Crippen LogP contribution in [0.15, 0.2) is 60.7 Å². The summed E-state index contributed by atoms with van der Waals surface area (Å²) in [5.74, 6) is -1.36. The van der Waals surface area contributed by atoms with E-state index < -0.39 is 23.8 Å². The van der Waals surface area contributed by atoms with E-state index in [0.717, 1.165) is 0 Å². The number of aliphatic hydroxyl groups excluding tert-OH is 2. The molecule has 102 valence electrons. The van der Waals surface area contributed by atoms with Gasteiger partial charge in [-0.05, 0) is 0 Å². The Morgan fingerprint density at radius 3 is 1.25 bits per heavy atom. The molecule has 0 aromatic heterocycles. The molecule has 0 radical (unpaired) electrons. The van der Waals surface area contributed by atoms with E-state index in [-0.39, 0.29) is 11.1 Å². The number of carbonyl (C=O) groups is 2. The van der Waals surface area contributed by atoms with Gasteiger partial charge in [-0.1, -0.05) is 60.7 Å². The predicted molar refractivity (Wildman–Crippen MR) is 73.6 cm³/mol. The molecule has 0 unspecified atom stereocenters. The smallest absolute Gasteiger partial charge is 0.194 e. The first-order chi connectivity index (χ1) is 9.61. The Hall–Kier alpha value is -2.30. The van der Waals surface area contributed by atoms with Crippen LogP contribution in [-0.2, 0) is 0 Å². The highest BCUT2D eigenvalue weighted by atomic mass is 16.3. The van der Waals surface area contributed by atoms with Gasteiger partial charge in [-0.2, -0.15) is 0 Å². The first-order valence-electron chi connectivity index (χ1n) is 6.16. The summed E-state index contributed by atoms with van der Waals surface area (Å²) >= 11 is 0. The largest absolute Gasteiger partial charge is 0.382 e. The van der Waals surface area contributed by atoms with E-state index in [9.17, 15) is 19.8 Å². The maximum Gasteiger partial charge on any atom is 0.194 e. The van der Waals surface area contributed by atoms with Crippen molar-refractivity contribution in [2.24, 2.45) is 0 Å². The molecule has 2 atom stereocenters. The van der Waals surface area contributed by atoms with Crippen LogP contribution in [0.5, 0.6) is 0 Å². The topological polar surface area (TPSA) is 74.6 Å². The predicted octanol–water partition coefficient (Wildman–Crippen LogP) is 1.47. The molecule has 0 amide bonds. The summed E-state index contributed by atoms with van der Waals surface area (Å²) in [6.07, 6.45) is -3.55. The van der Waals surface area contributed by atoms with Crippen LogP contribution in [-0.4, -0.2) is 34.0 Å². The molecule has 2 aromatic carbocycles. The zero-order valence-corrected chi connectivity index (χ0v) is 10.6. The summed E-state index contributed by atoms with van der Waals surface area (Å²) in [6, 6.07) is 16.1. The molecule has 0 aliphatic heterocycles. The lowest BCUT2D eigenvalue weighted by molar-refractivity contribution is 0.0216. The molecule has 0 fully saturated rings. The van der Waals surface area contributed by atoms with Gasteiger partial charge >= 0.3 is 0 Å². The first kappa shape index (κ1) is 14.1. The highest BCUT2D eigenvalue weighted by molar-refractivity contribution is 6.07. The van der Waals surface area contributed by atoms with Gasteiger partial charge in [0.1, 0.15) is 0 Å². The van der Waals surface area contributed by atoms with Crippen molar-refractivity contribution >= 4 is 11.6 Å². The normalized spacial score (nSPS) is 13.5. The van der Waals surface area contributed by atoms with Crippen molar-refractivity contribution in [3.63, 3.8) is 0 Å². The molecule has 2 aromatic rings. The highest BCUT2D eigenvalue weighted by Crippen LogP contribution is 2.11. The molecule has 0 saturated heterocycles. The van der Waals surface area contributed by atoms with Crippen molar-refractivity contribution in [2.75, 3.05) is 0 Å². The summed E-state index contributed by atoms with van der Waals surface area (Å²) in [7, 11) is 0. The van der Waals surface area contributed by atoms with E-state index in [4.69, 9.17) is 0 Å². The Labute approximate surface area is 116 Å². The summed E-state index contributed by atoms with van der Waals surface area (Å²) < 4.78 is 0. The molecule has 0 spiro atoms. The van der Waals surface area contributed by atoms with Crippen LogP contribution in [0.4, 0.5) is 0 Å². The van der Waals surface area contributed by atoms with Crippen LogP contribution < -0.4 is 0 Å². The van der Waals surface area contributed by atoms with Crippen LogP contribution >= 0.6 is 0 Å². The molecular weight excluding hydrogens is 256 g/mol. The quantitative estimate of drug-likeness (QED) is 0.807. The molecule has 2 rings (SSSR count). The van der Waals surface area contributed by atoms with Crippen LogP contribution in [0.2, 0.25) is 0 Å². The highest BCUT2D eigenvalue weighted by Gasteiger charge is 2.31. The second-order valence-electron chi connectivity index (χ2n) is 4.35. The van der Waals surface area contributed by atoms with E-state index in [1.165, 1.54) is 24.3 Å². The standard InChI is InChI=1S/C16H14O4/c17-13(11-7-3-1-4-8-11)15(19)16(20)14(18)12-9-5-2-6-10-12/h1-10,15-16,19-20H/t15-,16+. The number of hydrogen-bond donors (Lipinski definition) is 2. The summed E-state index contributed by atoms with van der Waals surface area (Å²) in [4.78, 5) is 23.9. The molecule has 20 heavy (non-hydrogen) atoms. The number of hydrogen-bond acceptors (Lipinski definition) is 4. The lowest BCUT2D eigenvalue weighted by Gasteiger charge is -2.15. The Balaban J connectivity index is 2.15. The minimum Gasteiger partial charge on any atom is -0.382 e. The van der Waals surface area contributed by atoms with Crippen LogP contribution in [0.1, 0.15) is 20.7 Å². The molecule has 0 heterocycles. The SMILES string of the molecule is O=C(c1ccccc1)[C@@H](O)[C@@H](O)C(=O)c1ccccc1. The van der Waals surface area contributed by atoms with Crippen LogP contribution in [0.25, 0.3) is 0 Å². The average molecular weight is 270 g/mol. The number of rotatable bonds is 5. The number of aliphatic hydroxyl groups is 2. The van der Waals surface area contributed by atoms with E-state index in [1.807, 2.05) is 0 Å². The third-order valence-electron chi connectivity index (χ3n) is 2.95. The van der Waals surface area contributed by atoms with Gasteiger partial charge in [0.15, 0.2) is 23.8 Å². The van der Waals surface area contributed by atoms with Crippen LogP contribution in [0, 0.1) is 0 Å². The molecule has 0 aliphatic carbocycles. The Bertz CT molecular complexity index is 537. The molecule has 4 nitrogen and oxygen atoms in total. The van der Waals surface area contributed by atoms with Gasteiger partial charge in [0.25, 0.3) is 0 Å². The summed E-state index contributed by atoms with van der Waals surface area (Å²) in [6.45, 7) is 0. The summed E-state index contributed by atoms with van der Waals surface area (Å²) in [5, 5.41) is 19.7. The van der Waals surface area contributed by atoms with Gasteiger partial charge in [-0.15, -0.1) is 0 Å². The average Bonchev–Trinajstić information content (AvgIpc) is 2.53. The Morgan fingerprint density at radius 2 is 0.950 bits per heavy atom. The number of benzene rings is 2. The maximum absolute atomic E-state index is 12.0. The second kappa shape index (κ2) is 6.23. The van der Waals surface area contributed by atoms with E-state index in [0.29, 0.717) is 0 Å². The first-order valence-corrected chi connectivity index (χ1v) is 6.16. The van der Waals surface area contributed by atoms with Gasteiger partial charge in [0.2, 0.25) is 0 Å². The molecule has 0 aliphatic rings. The zero-order chi connectivity index (χ0) is 14.5. The minimum absolute atomic E-state index is 0.250. The third kappa shape index (κ3) is 2.99. The van der Waals surface area contributed by atoms with Gasteiger partial charge < -0.3 is 10.2 Å². The van der Waals surface area contributed by atoms with E-state index >= 15 is 0 Å². The third-order valence-corrected chi connectivity index (χ3v) is 2.95. The van der Waals surface area contributed by atoms with E-state index in [2.05, 4.69) is 0 Å².